The molecule has 1 aromatic rings. The molecule has 0 bridgehead atoms. The Hall–Kier alpha value is -1.28. The minimum atomic E-state index is -1.07. The number of anilines is 1. The molecule has 1 heterocycles. The van der Waals surface area contributed by atoms with E-state index in [9.17, 15) is 8.78 Å². The zero-order valence-electron chi connectivity index (χ0n) is 9.17. The summed E-state index contributed by atoms with van der Waals surface area (Å²) in [4.78, 5) is 0. The van der Waals surface area contributed by atoms with Gasteiger partial charge in [-0.05, 0) is 36.0 Å². The summed E-state index contributed by atoms with van der Waals surface area (Å²) in [5, 5.41) is 11.5. The van der Waals surface area contributed by atoms with Crippen LogP contribution in [0.5, 0.6) is 0 Å². The van der Waals surface area contributed by atoms with E-state index in [1.807, 2.05) is 11.8 Å². The quantitative estimate of drug-likeness (QED) is 0.900. The Labute approximate surface area is 103 Å². The predicted octanol–water partition coefficient (Wildman–Crippen LogP) is 3.00. The van der Waals surface area contributed by atoms with Crippen molar-refractivity contribution in [2.24, 2.45) is 5.92 Å². The van der Waals surface area contributed by atoms with Crippen molar-refractivity contribution in [3.8, 4) is 6.07 Å². The van der Waals surface area contributed by atoms with Gasteiger partial charge in [0.15, 0.2) is 11.6 Å². The van der Waals surface area contributed by atoms with Crippen molar-refractivity contribution in [3.63, 3.8) is 0 Å². The molecule has 5 heteroatoms. The summed E-state index contributed by atoms with van der Waals surface area (Å²) in [6.45, 7) is 0.648. The van der Waals surface area contributed by atoms with Crippen molar-refractivity contribution in [1.82, 2.24) is 0 Å². The van der Waals surface area contributed by atoms with Gasteiger partial charge in [-0.2, -0.15) is 17.0 Å². The fourth-order valence-corrected chi connectivity index (χ4v) is 3.06. The van der Waals surface area contributed by atoms with Gasteiger partial charge in [0, 0.05) is 6.54 Å². The summed E-state index contributed by atoms with van der Waals surface area (Å²) < 4.78 is 26.9. The molecule has 2 rings (SSSR count). The second kappa shape index (κ2) is 5.37. The molecule has 1 N–H and O–H groups in total. The number of nitriles is 1. The SMILES string of the molecule is N#Cc1ccc(NCC2CCSC2)c(F)c1F. The maximum Gasteiger partial charge on any atom is 0.183 e. The van der Waals surface area contributed by atoms with Gasteiger partial charge in [0.05, 0.1) is 11.3 Å². The molecule has 1 aliphatic rings. The van der Waals surface area contributed by atoms with Crippen LogP contribution >= 0.6 is 11.8 Å². The largest absolute Gasteiger partial charge is 0.382 e. The molecule has 1 unspecified atom stereocenters. The number of nitrogens with one attached hydrogen (secondary N) is 1. The second-order valence-electron chi connectivity index (χ2n) is 4.01. The molecule has 1 saturated heterocycles. The highest BCUT2D eigenvalue weighted by Gasteiger charge is 2.17. The summed E-state index contributed by atoms with van der Waals surface area (Å²) in [5.74, 6) is 0.676. The fourth-order valence-electron chi connectivity index (χ4n) is 1.77. The van der Waals surface area contributed by atoms with Crippen LogP contribution in [0.15, 0.2) is 12.1 Å². The van der Waals surface area contributed by atoms with Gasteiger partial charge >= 0.3 is 0 Å². The van der Waals surface area contributed by atoms with Gasteiger partial charge in [-0.1, -0.05) is 0 Å². The van der Waals surface area contributed by atoms with Crippen LogP contribution in [0.1, 0.15) is 12.0 Å². The molecule has 1 fully saturated rings. The van der Waals surface area contributed by atoms with E-state index < -0.39 is 11.6 Å². The van der Waals surface area contributed by atoms with Gasteiger partial charge in [-0.15, -0.1) is 0 Å². The Kier molecular flexibility index (Phi) is 3.85. The lowest BCUT2D eigenvalue weighted by Gasteiger charge is -2.12. The molecule has 0 radical (unpaired) electrons. The Morgan fingerprint density at radius 3 is 2.88 bits per heavy atom. The lowest BCUT2D eigenvalue weighted by Crippen LogP contribution is -2.14. The van der Waals surface area contributed by atoms with Gasteiger partial charge in [0.1, 0.15) is 6.07 Å². The monoisotopic (exact) mass is 254 g/mol. The molecule has 1 atom stereocenters. The van der Waals surface area contributed by atoms with Crippen LogP contribution in [0, 0.1) is 28.9 Å². The number of hydrogen-bond acceptors (Lipinski definition) is 3. The number of nitrogens with zero attached hydrogens (tertiary/aromatic N) is 1. The van der Waals surface area contributed by atoms with Crippen LogP contribution in [-0.2, 0) is 0 Å². The average molecular weight is 254 g/mol. The molecule has 90 valence electrons. The molecule has 0 aromatic heterocycles. The van der Waals surface area contributed by atoms with E-state index >= 15 is 0 Å². The van der Waals surface area contributed by atoms with E-state index in [1.165, 1.54) is 12.1 Å². The minimum absolute atomic E-state index is 0.137. The average Bonchev–Trinajstić information content (AvgIpc) is 2.84. The maximum atomic E-state index is 13.5. The maximum absolute atomic E-state index is 13.5. The van der Waals surface area contributed by atoms with Crippen molar-refractivity contribution < 1.29 is 8.78 Å². The minimum Gasteiger partial charge on any atom is -0.382 e. The van der Waals surface area contributed by atoms with Crippen molar-refractivity contribution in [2.45, 2.75) is 6.42 Å². The molecule has 0 amide bonds. The summed E-state index contributed by atoms with van der Waals surface area (Å²) in [5.41, 5.74) is -0.122. The fraction of sp³-hybridized carbons (Fsp3) is 0.417. The van der Waals surface area contributed by atoms with Crippen LogP contribution in [0.4, 0.5) is 14.5 Å². The summed E-state index contributed by atoms with van der Waals surface area (Å²) in [6.07, 6.45) is 1.11. The highest BCUT2D eigenvalue weighted by Crippen LogP contribution is 2.25. The van der Waals surface area contributed by atoms with E-state index in [1.54, 1.807) is 6.07 Å². The Morgan fingerprint density at radius 1 is 1.41 bits per heavy atom. The molecule has 17 heavy (non-hydrogen) atoms. The first kappa shape index (κ1) is 12.2. The van der Waals surface area contributed by atoms with Gasteiger partial charge in [-0.25, -0.2) is 8.78 Å². The molecule has 0 saturated carbocycles. The van der Waals surface area contributed by atoms with Crippen LogP contribution in [0.25, 0.3) is 0 Å². The number of rotatable bonds is 3. The Morgan fingerprint density at radius 2 is 2.24 bits per heavy atom. The van der Waals surface area contributed by atoms with Gasteiger partial charge in [-0.3, -0.25) is 0 Å². The molecular formula is C12H12F2N2S. The normalized spacial score (nSPS) is 19.0. The van der Waals surface area contributed by atoms with E-state index in [0.717, 1.165) is 17.9 Å². The van der Waals surface area contributed by atoms with Crippen LogP contribution in [-0.4, -0.2) is 18.1 Å². The standard InChI is InChI=1S/C12H12F2N2S/c13-11-9(5-15)1-2-10(12(11)14)16-6-8-3-4-17-7-8/h1-2,8,16H,3-4,6-7H2. The number of benzene rings is 1. The molecule has 2 nitrogen and oxygen atoms in total. The lowest BCUT2D eigenvalue weighted by molar-refractivity contribution is 0.507. The Balaban J connectivity index is 2.06. The van der Waals surface area contributed by atoms with E-state index in [-0.39, 0.29) is 11.3 Å². The zero-order chi connectivity index (χ0) is 12.3. The van der Waals surface area contributed by atoms with Crippen molar-refractivity contribution in [3.05, 3.63) is 29.3 Å². The molecular weight excluding hydrogens is 242 g/mol. The third-order valence-electron chi connectivity index (χ3n) is 2.81. The molecule has 0 spiro atoms. The summed E-state index contributed by atoms with van der Waals surface area (Å²) in [6, 6.07) is 4.33. The summed E-state index contributed by atoms with van der Waals surface area (Å²) in [7, 11) is 0. The van der Waals surface area contributed by atoms with Crippen molar-refractivity contribution in [1.29, 1.82) is 5.26 Å². The van der Waals surface area contributed by atoms with Crippen molar-refractivity contribution in [2.75, 3.05) is 23.4 Å². The zero-order valence-corrected chi connectivity index (χ0v) is 9.99. The predicted molar refractivity (Wildman–Crippen MR) is 65.0 cm³/mol. The van der Waals surface area contributed by atoms with Crippen LogP contribution in [0.3, 0.4) is 0 Å². The van der Waals surface area contributed by atoms with E-state index in [0.29, 0.717) is 12.5 Å². The smallest absolute Gasteiger partial charge is 0.183 e. The summed E-state index contributed by atoms with van der Waals surface area (Å²) >= 11 is 1.88. The van der Waals surface area contributed by atoms with Gasteiger partial charge < -0.3 is 5.32 Å². The van der Waals surface area contributed by atoms with Gasteiger partial charge in [0.25, 0.3) is 0 Å². The van der Waals surface area contributed by atoms with E-state index in [4.69, 9.17) is 5.26 Å². The number of halogens is 2. The first-order valence-corrected chi connectivity index (χ1v) is 6.57. The second-order valence-corrected chi connectivity index (χ2v) is 5.16. The lowest BCUT2D eigenvalue weighted by atomic mass is 10.1. The van der Waals surface area contributed by atoms with Crippen molar-refractivity contribution >= 4 is 17.4 Å². The molecule has 1 aliphatic heterocycles. The first-order valence-electron chi connectivity index (χ1n) is 5.42. The van der Waals surface area contributed by atoms with Gasteiger partial charge in [0.2, 0.25) is 0 Å². The number of hydrogen-bond donors (Lipinski definition) is 1. The molecule has 0 aliphatic carbocycles. The highest BCUT2D eigenvalue weighted by atomic mass is 32.2. The number of thioether (sulfide) groups is 1. The Bertz CT molecular complexity index is 451. The molecule has 1 aromatic carbocycles. The first-order chi connectivity index (χ1) is 8.22. The van der Waals surface area contributed by atoms with Crippen LogP contribution in [0.2, 0.25) is 0 Å². The van der Waals surface area contributed by atoms with Crippen LogP contribution < -0.4 is 5.32 Å². The third-order valence-corrected chi connectivity index (χ3v) is 4.04. The van der Waals surface area contributed by atoms with E-state index in [2.05, 4.69) is 5.32 Å². The highest BCUT2D eigenvalue weighted by molar-refractivity contribution is 7.99. The topological polar surface area (TPSA) is 35.8 Å². The third kappa shape index (κ3) is 2.70.